The van der Waals surface area contributed by atoms with E-state index in [0.717, 1.165) is 46.4 Å². The van der Waals surface area contributed by atoms with Crippen LogP contribution in [0, 0.1) is 3.57 Å². The van der Waals surface area contributed by atoms with E-state index < -0.39 is 0 Å². The van der Waals surface area contributed by atoms with Gasteiger partial charge in [0.05, 0.1) is 16.9 Å². The molecule has 0 unspecified atom stereocenters. The smallest absolute Gasteiger partial charge is 0.292 e. The van der Waals surface area contributed by atoms with Gasteiger partial charge >= 0.3 is 0 Å². The third-order valence-corrected chi connectivity index (χ3v) is 6.04. The Kier molecular flexibility index (Phi) is 6.55. The molecule has 0 atom stereocenters. The van der Waals surface area contributed by atoms with E-state index in [4.69, 9.17) is 4.74 Å². The second-order valence-electron chi connectivity index (χ2n) is 7.42. The van der Waals surface area contributed by atoms with Crippen molar-refractivity contribution in [1.82, 2.24) is 15.2 Å². The zero-order chi connectivity index (χ0) is 21.8. The Balaban J connectivity index is 1.50. The molecule has 1 aromatic heterocycles. The molecule has 0 spiro atoms. The molecular weight excluding hydrogens is 505 g/mol. The van der Waals surface area contributed by atoms with Crippen molar-refractivity contribution in [2.75, 3.05) is 18.6 Å². The first-order chi connectivity index (χ1) is 15.0. The SMILES string of the molecule is COc1ccc(C=NNC(=O)c2nn(C)cc2I)cc1CN1CCCc2ccccc21. The van der Waals surface area contributed by atoms with Crippen LogP contribution in [0.3, 0.4) is 0 Å². The van der Waals surface area contributed by atoms with E-state index >= 15 is 0 Å². The van der Waals surface area contributed by atoms with E-state index in [2.05, 4.69) is 73.4 Å². The van der Waals surface area contributed by atoms with E-state index in [1.54, 1.807) is 31.3 Å². The molecule has 0 aliphatic carbocycles. The number of carbonyl (C=O) groups is 1. The average molecular weight is 529 g/mol. The van der Waals surface area contributed by atoms with Gasteiger partial charge in [-0.05, 0) is 70.8 Å². The Labute approximate surface area is 195 Å². The minimum Gasteiger partial charge on any atom is -0.496 e. The Morgan fingerprint density at radius 3 is 2.94 bits per heavy atom. The van der Waals surface area contributed by atoms with Gasteiger partial charge in [0.25, 0.3) is 5.91 Å². The lowest BCUT2D eigenvalue weighted by atomic mass is 10.0. The molecule has 1 N–H and O–H groups in total. The van der Waals surface area contributed by atoms with Gasteiger partial charge in [0.2, 0.25) is 0 Å². The molecule has 8 heteroatoms. The summed E-state index contributed by atoms with van der Waals surface area (Å²) in [5, 5.41) is 8.27. The lowest BCUT2D eigenvalue weighted by Crippen LogP contribution is -2.29. The van der Waals surface area contributed by atoms with Crippen molar-refractivity contribution in [2.24, 2.45) is 12.1 Å². The molecule has 31 heavy (non-hydrogen) atoms. The number of methoxy groups -OCH3 is 1. The zero-order valence-electron chi connectivity index (χ0n) is 17.5. The first kappa shape index (κ1) is 21.4. The molecule has 1 aliphatic heterocycles. The average Bonchev–Trinajstić information content (AvgIpc) is 3.12. The topological polar surface area (TPSA) is 71.7 Å². The number of benzene rings is 2. The molecule has 0 saturated carbocycles. The molecule has 160 valence electrons. The number of nitrogens with one attached hydrogen (secondary N) is 1. The maximum Gasteiger partial charge on any atom is 0.292 e. The van der Waals surface area contributed by atoms with Crippen LogP contribution in [0.4, 0.5) is 5.69 Å². The van der Waals surface area contributed by atoms with Gasteiger partial charge in [-0.25, -0.2) is 5.43 Å². The summed E-state index contributed by atoms with van der Waals surface area (Å²) < 4.78 is 7.98. The standard InChI is InChI=1S/C23H24IN5O2/c1-28-15-19(24)22(27-28)23(30)26-25-13-16-9-10-21(31-2)18(12-16)14-29-11-5-7-17-6-3-4-8-20(17)29/h3-4,6,8-10,12-13,15H,5,7,11,14H2,1-2H3,(H,26,30). The molecular formula is C23H24IN5O2. The van der Waals surface area contributed by atoms with Crippen molar-refractivity contribution < 1.29 is 9.53 Å². The molecule has 7 nitrogen and oxygen atoms in total. The van der Waals surface area contributed by atoms with Crippen LogP contribution >= 0.6 is 22.6 Å². The van der Waals surface area contributed by atoms with Crippen LogP contribution in [0.25, 0.3) is 0 Å². The third-order valence-electron chi connectivity index (χ3n) is 5.25. The number of halogens is 1. The van der Waals surface area contributed by atoms with Gasteiger partial charge < -0.3 is 9.64 Å². The third kappa shape index (κ3) is 4.90. The van der Waals surface area contributed by atoms with Crippen LogP contribution in [0.2, 0.25) is 0 Å². The van der Waals surface area contributed by atoms with Crippen molar-refractivity contribution >= 4 is 40.4 Å². The number of amides is 1. The van der Waals surface area contributed by atoms with Crippen LogP contribution in [0.15, 0.2) is 53.8 Å². The predicted molar refractivity (Wildman–Crippen MR) is 130 cm³/mol. The molecule has 0 saturated heterocycles. The van der Waals surface area contributed by atoms with Crippen LogP contribution < -0.4 is 15.1 Å². The fraction of sp³-hybridized carbons (Fsp3) is 0.261. The summed E-state index contributed by atoms with van der Waals surface area (Å²) in [6.07, 6.45) is 5.68. The number of para-hydroxylation sites is 1. The Morgan fingerprint density at radius 1 is 1.32 bits per heavy atom. The quantitative estimate of drug-likeness (QED) is 0.300. The minimum atomic E-state index is -0.333. The van der Waals surface area contributed by atoms with Gasteiger partial charge in [-0.3, -0.25) is 9.48 Å². The summed E-state index contributed by atoms with van der Waals surface area (Å²) in [5.74, 6) is 0.507. The van der Waals surface area contributed by atoms with Crippen LogP contribution in [-0.4, -0.2) is 35.6 Å². The van der Waals surface area contributed by atoms with Gasteiger partial charge in [0.15, 0.2) is 5.69 Å². The summed E-state index contributed by atoms with van der Waals surface area (Å²) in [5.41, 5.74) is 7.55. The number of rotatable bonds is 6. The summed E-state index contributed by atoms with van der Waals surface area (Å²) in [6.45, 7) is 1.76. The largest absolute Gasteiger partial charge is 0.496 e. The van der Waals surface area contributed by atoms with E-state index in [1.165, 1.54) is 11.3 Å². The highest BCUT2D eigenvalue weighted by atomic mass is 127. The van der Waals surface area contributed by atoms with Crippen molar-refractivity contribution in [3.05, 3.63) is 74.6 Å². The highest BCUT2D eigenvalue weighted by molar-refractivity contribution is 14.1. The molecule has 2 aromatic carbocycles. The maximum absolute atomic E-state index is 12.3. The van der Waals surface area contributed by atoms with E-state index in [9.17, 15) is 4.79 Å². The highest BCUT2D eigenvalue weighted by Gasteiger charge is 2.18. The monoisotopic (exact) mass is 529 g/mol. The van der Waals surface area contributed by atoms with Crippen LogP contribution in [-0.2, 0) is 20.0 Å². The van der Waals surface area contributed by atoms with Gasteiger partial charge in [-0.1, -0.05) is 18.2 Å². The first-order valence-corrected chi connectivity index (χ1v) is 11.2. The number of carbonyl (C=O) groups excluding carboxylic acids is 1. The number of anilines is 1. The Hall–Kier alpha value is -2.88. The number of hydrazone groups is 1. The highest BCUT2D eigenvalue weighted by Crippen LogP contribution is 2.30. The van der Waals surface area contributed by atoms with Crippen LogP contribution in [0.5, 0.6) is 5.75 Å². The summed E-state index contributed by atoms with van der Waals surface area (Å²) in [7, 11) is 3.47. The van der Waals surface area contributed by atoms with E-state index in [0.29, 0.717) is 5.69 Å². The van der Waals surface area contributed by atoms with Gasteiger partial charge in [-0.2, -0.15) is 10.2 Å². The van der Waals surface area contributed by atoms with Crippen molar-refractivity contribution in [1.29, 1.82) is 0 Å². The maximum atomic E-state index is 12.3. The summed E-state index contributed by atoms with van der Waals surface area (Å²) in [4.78, 5) is 14.7. The van der Waals surface area contributed by atoms with E-state index in [-0.39, 0.29) is 5.91 Å². The minimum absolute atomic E-state index is 0.333. The van der Waals surface area contributed by atoms with Gasteiger partial charge in [0, 0.05) is 37.6 Å². The lowest BCUT2D eigenvalue weighted by Gasteiger charge is -2.31. The lowest BCUT2D eigenvalue weighted by molar-refractivity contribution is 0.0948. The molecule has 2 heterocycles. The fourth-order valence-electron chi connectivity index (χ4n) is 3.82. The number of hydrogen-bond acceptors (Lipinski definition) is 5. The Bertz CT molecular complexity index is 1120. The fourth-order valence-corrected chi connectivity index (χ4v) is 4.57. The summed E-state index contributed by atoms with van der Waals surface area (Å²) >= 11 is 2.08. The molecule has 0 fully saturated rings. The van der Waals surface area contributed by atoms with Gasteiger partial charge in [-0.15, -0.1) is 0 Å². The number of nitrogens with zero attached hydrogens (tertiary/aromatic N) is 4. The number of aromatic nitrogens is 2. The van der Waals surface area contributed by atoms with Crippen molar-refractivity contribution in [2.45, 2.75) is 19.4 Å². The molecule has 1 aliphatic rings. The van der Waals surface area contributed by atoms with Crippen molar-refractivity contribution in [3.8, 4) is 5.75 Å². The van der Waals surface area contributed by atoms with Gasteiger partial charge in [0.1, 0.15) is 5.75 Å². The second kappa shape index (κ2) is 9.51. The molecule has 0 radical (unpaired) electrons. The number of aryl methyl sites for hydroxylation is 2. The van der Waals surface area contributed by atoms with Crippen LogP contribution in [0.1, 0.15) is 33.6 Å². The first-order valence-electron chi connectivity index (χ1n) is 10.1. The molecule has 0 bridgehead atoms. The number of ether oxygens (including phenoxy) is 1. The van der Waals surface area contributed by atoms with Crippen molar-refractivity contribution in [3.63, 3.8) is 0 Å². The zero-order valence-corrected chi connectivity index (χ0v) is 19.7. The summed E-state index contributed by atoms with van der Waals surface area (Å²) in [6, 6.07) is 14.5. The predicted octanol–water partition coefficient (Wildman–Crippen LogP) is 3.75. The van der Waals surface area contributed by atoms with E-state index in [1.807, 2.05) is 12.1 Å². The second-order valence-corrected chi connectivity index (χ2v) is 8.59. The molecule has 1 amide bonds. The normalized spacial score (nSPS) is 13.3. The number of hydrogen-bond donors (Lipinski definition) is 1. The molecule has 4 rings (SSSR count). The Morgan fingerprint density at radius 2 is 2.16 bits per heavy atom. The molecule has 3 aromatic rings. The number of fused-ring (bicyclic) bond motifs is 1.